The van der Waals surface area contributed by atoms with Crippen LogP contribution in [0.15, 0.2) is 66.9 Å². The monoisotopic (exact) mass is 382 g/mol. The third-order valence-corrected chi connectivity index (χ3v) is 6.42. The average Bonchev–Trinajstić information content (AvgIpc) is 3.12. The van der Waals surface area contributed by atoms with Gasteiger partial charge in [0.1, 0.15) is 5.82 Å². The highest BCUT2D eigenvalue weighted by Crippen LogP contribution is 2.40. The normalized spacial score (nSPS) is 23.2. The molecule has 3 aliphatic rings. The van der Waals surface area contributed by atoms with E-state index in [4.69, 9.17) is 5.73 Å². The van der Waals surface area contributed by atoms with Crippen molar-refractivity contribution in [1.29, 1.82) is 0 Å². The molecule has 0 saturated heterocycles. The number of rotatable bonds is 2. The standard InChI is InChI=1S/C23H22N6/c24-23(12-4-13-23)16-10-8-15(9-11-16)21-27-28-22-17-5-1-2-6-18(17)26-20-19(29(21)22)7-3-14-25-20/h1-3,5-11,14,17-18H,4,12-13,24H2,(H,25,26). The van der Waals surface area contributed by atoms with Crippen LogP contribution in [0.2, 0.25) is 0 Å². The summed E-state index contributed by atoms with van der Waals surface area (Å²) in [5.41, 5.74) is 9.54. The smallest absolute Gasteiger partial charge is 0.168 e. The zero-order valence-electron chi connectivity index (χ0n) is 16.0. The van der Waals surface area contributed by atoms with E-state index in [9.17, 15) is 0 Å². The maximum Gasteiger partial charge on any atom is 0.168 e. The van der Waals surface area contributed by atoms with E-state index in [0.29, 0.717) is 0 Å². The van der Waals surface area contributed by atoms with E-state index in [1.807, 2.05) is 12.3 Å². The Labute approximate surface area is 169 Å². The number of allylic oxidation sites excluding steroid dienone is 2. The van der Waals surface area contributed by atoms with Gasteiger partial charge in [0, 0.05) is 17.3 Å². The van der Waals surface area contributed by atoms with Crippen LogP contribution in [0.5, 0.6) is 0 Å². The van der Waals surface area contributed by atoms with Crippen LogP contribution in [0.25, 0.3) is 17.1 Å². The Hall–Kier alpha value is -3.25. The van der Waals surface area contributed by atoms with Gasteiger partial charge in [0.25, 0.3) is 0 Å². The first-order valence-electron chi connectivity index (χ1n) is 10.1. The lowest BCUT2D eigenvalue weighted by molar-refractivity contribution is 0.253. The fourth-order valence-electron chi connectivity index (χ4n) is 4.57. The average molecular weight is 382 g/mol. The van der Waals surface area contributed by atoms with E-state index in [1.54, 1.807) is 0 Å². The van der Waals surface area contributed by atoms with Crippen LogP contribution < -0.4 is 11.1 Å². The van der Waals surface area contributed by atoms with Crippen LogP contribution >= 0.6 is 0 Å². The summed E-state index contributed by atoms with van der Waals surface area (Å²) in [4.78, 5) is 4.59. The molecule has 0 bridgehead atoms. The molecule has 2 aromatic heterocycles. The topological polar surface area (TPSA) is 81.7 Å². The summed E-state index contributed by atoms with van der Waals surface area (Å²) in [5.74, 6) is 2.68. The minimum Gasteiger partial charge on any atom is -0.361 e. The van der Waals surface area contributed by atoms with Gasteiger partial charge in [-0.05, 0) is 37.0 Å². The van der Waals surface area contributed by atoms with Crippen molar-refractivity contribution in [3.63, 3.8) is 0 Å². The van der Waals surface area contributed by atoms with Gasteiger partial charge in [-0.1, -0.05) is 48.6 Å². The Kier molecular flexibility index (Phi) is 3.52. The summed E-state index contributed by atoms with van der Waals surface area (Å²) in [5, 5.41) is 12.8. The number of pyridine rings is 1. The van der Waals surface area contributed by atoms with Gasteiger partial charge in [0.15, 0.2) is 11.6 Å². The van der Waals surface area contributed by atoms with Crippen molar-refractivity contribution in [1.82, 2.24) is 19.7 Å². The molecule has 0 amide bonds. The van der Waals surface area contributed by atoms with Crippen molar-refractivity contribution in [3.8, 4) is 17.1 Å². The number of benzene rings is 1. The molecule has 0 spiro atoms. The Morgan fingerprint density at radius 1 is 1.03 bits per heavy atom. The van der Waals surface area contributed by atoms with E-state index in [0.717, 1.165) is 41.6 Å². The quantitative estimate of drug-likeness (QED) is 0.707. The second kappa shape index (κ2) is 6.12. The summed E-state index contributed by atoms with van der Waals surface area (Å²) in [6.07, 6.45) is 13.6. The van der Waals surface area contributed by atoms with Gasteiger partial charge >= 0.3 is 0 Å². The highest BCUT2D eigenvalue weighted by Gasteiger charge is 2.35. The van der Waals surface area contributed by atoms with Crippen LogP contribution in [0.1, 0.15) is 36.6 Å². The number of fused-ring (bicyclic) bond motifs is 5. The minimum atomic E-state index is -0.160. The molecule has 3 heterocycles. The number of nitrogens with one attached hydrogen (secondary N) is 1. The van der Waals surface area contributed by atoms with Crippen LogP contribution in [-0.2, 0) is 5.54 Å². The molecule has 144 valence electrons. The van der Waals surface area contributed by atoms with Crippen molar-refractivity contribution >= 4 is 5.82 Å². The molecule has 6 heteroatoms. The van der Waals surface area contributed by atoms with E-state index in [-0.39, 0.29) is 17.5 Å². The molecule has 2 aliphatic carbocycles. The summed E-state index contributed by atoms with van der Waals surface area (Å²) in [6.45, 7) is 0. The SMILES string of the molecule is NC1(c2ccc(-c3nnc4n3-c3cccnc3NC3C=CC=CC43)cc2)CCC1. The van der Waals surface area contributed by atoms with Crippen molar-refractivity contribution in [2.75, 3.05) is 5.32 Å². The highest BCUT2D eigenvalue weighted by atomic mass is 15.3. The first-order valence-corrected chi connectivity index (χ1v) is 10.1. The minimum absolute atomic E-state index is 0.0945. The molecule has 2 atom stereocenters. The number of hydrogen-bond acceptors (Lipinski definition) is 5. The number of nitrogens with two attached hydrogens (primary N) is 1. The Balaban J connectivity index is 1.50. The lowest BCUT2D eigenvalue weighted by atomic mass is 9.73. The van der Waals surface area contributed by atoms with Crippen molar-refractivity contribution < 1.29 is 0 Å². The Morgan fingerprint density at radius 2 is 1.86 bits per heavy atom. The zero-order chi connectivity index (χ0) is 19.4. The van der Waals surface area contributed by atoms with Crippen molar-refractivity contribution in [2.24, 2.45) is 5.73 Å². The second-order valence-electron chi connectivity index (χ2n) is 8.14. The van der Waals surface area contributed by atoms with Gasteiger partial charge in [-0.15, -0.1) is 10.2 Å². The first-order chi connectivity index (χ1) is 14.2. The molecule has 1 aromatic carbocycles. The van der Waals surface area contributed by atoms with Crippen LogP contribution in [0.3, 0.4) is 0 Å². The molecule has 1 fully saturated rings. The van der Waals surface area contributed by atoms with E-state index < -0.39 is 0 Å². The Morgan fingerprint density at radius 3 is 2.66 bits per heavy atom. The summed E-state index contributed by atoms with van der Waals surface area (Å²) < 4.78 is 2.14. The van der Waals surface area contributed by atoms with Crippen molar-refractivity contribution in [2.45, 2.75) is 36.8 Å². The van der Waals surface area contributed by atoms with Crippen LogP contribution in [0.4, 0.5) is 5.82 Å². The maximum atomic E-state index is 6.50. The number of nitrogens with zero attached hydrogens (tertiary/aromatic N) is 4. The van der Waals surface area contributed by atoms with Crippen LogP contribution in [0, 0.1) is 0 Å². The molecular formula is C23H22N6. The third-order valence-electron chi connectivity index (χ3n) is 6.42. The molecule has 3 aromatic rings. The summed E-state index contributed by atoms with van der Waals surface area (Å²) >= 11 is 0. The van der Waals surface area contributed by atoms with Crippen LogP contribution in [-0.4, -0.2) is 25.8 Å². The zero-order valence-corrected chi connectivity index (χ0v) is 16.0. The fraction of sp³-hybridized carbons (Fsp3) is 0.261. The molecule has 3 N–H and O–H groups in total. The number of hydrogen-bond donors (Lipinski definition) is 2. The van der Waals surface area contributed by atoms with Gasteiger partial charge in [-0.2, -0.15) is 0 Å². The molecule has 6 rings (SSSR count). The van der Waals surface area contributed by atoms with E-state index in [1.165, 1.54) is 12.0 Å². The largest absolute Gasteiger partial charge is 0.361 e. The fourth-order valence-corrected chi connectivity index (χ4v) is 4.57. The lowest BCUT2D eigenvalue weighted by Crippen LogP contribution is -2.43. The molecule has 1 aliphatic heterocycles. The molecule has 6 nitrogen and oxygen atoms in total. The predicted molar refractivity (Wildman–Crippen MR) is 113 cm³/mol. The Bertz CT molecular complexity index is 1140. The van der Waals surface area contributed by atoms with Gasteiger partial charge in [0.05, 0.1) is 17.6 Å². The van der Waals surface area contributed by atoms with E-state index >= 15 is 0 Å². The molecule has 2 unspecified atom stereocenters. The summed E-state index contributed by atoms with van der Waals surface area (Å²) in [7, 11) is 0. The van der Waals surface area contributed by atoms with Gasteiger partial charge in [-0.25, -0.2) is 4.98 Å². The van der Waals surface area contributed by atoms with Crippen molar-refractivity contribution in [3.05, 3.63) is 78.3 Å². The number of anilines is 1. The molecular weight excluding hydrogens is 360 g/mol. The molecule has 29 heavy (non-hydrogen) atoms. The predicted octanol–water partition coefficient (Wildman–Crippen LogP) is 3.67. The maximum absolute atomic E-state index is 6.50. The highest BCUT2D eigenvalue weighted by molar-refractivity contribution is 5.67. The van der Waals surface area contributed by atoms with E-state index in [2.05, 4.69) is 79.7 Å². The van der Waals surface area contributed by atoms with Gasteiger partial charge in [0.2, 0.25) is 0 Å². The summed E-state index contributed by atoms with van der Waals surface area (Å²) in [6, 6.07) is 12.6. The second-order valence-corrected chi connectivity index (χ2v) is 8.14. The van der Waals surface area contributed by atoms with Gasteiger partial charge in [-0.3, -0.25) is 4.57 Å². The molecule has 1 saturated carbocycles. The number of aromatic nitrogens is 4. The first kappa shape index (κ1) is 16.7. The van der Waals surface area contributed by atoms with Gasteiger partial charge < -0.3 is 11.1 Å². The lowest BCUT2D eigenvalue weighted by Gasteiger charge is -2.38. The third kappa shape index (κ3) is 2.49. The molecule has 0 radical (unpaired) electrons.